The maximum Gasteiger partial charge on any atom is 0.0499 e. The van der Waals surface area contributed by atoms with Gasteiger partial charge < -0.3 is 10.8 Å². The highest BCUT2D eigenvalue weighted by molar-refractivity contribution is 4.81. The number of hydrogen-bond donors (Lipinski definition) is 2. The Balaban J connectivity index is 4.31. The third-order valence-electron chi connectivity index (χ3n) is 3.43. The maximum absolute atomic E-state index is 9.47. The van der Waals surface area contributed by atoms with Crippen LogP contribution in [-0.2, 0) is 0 Å². The molecule has 0 aliphatic rings. The number of aliphatic hydroxyl groups excluding tert-OH is 1. The molecule has 0 saturated heterocycles. The van der Waals surface area contributed by atoms with Crippen LogP contribution in [0, 0.1) is 11.3 Å². The number of nitrogens with two attached hydrogens (primary N) is 1. The van der Waals surface area contributed by atoms with Gasteiger partial charge in [-0.1, -0.05) is 40.0 Å². The second kappa shape index (κ2) is 7.24. The Morgan fingerprint density at radius 2 is 1.79 bits per heavy atom. The molecule has 3 N–H and O–H groups in total. The molecular formula is C12H27NO. The minimum absolute atomic E-state index is 0.00850. The average molecular weight is 201 g/mol. The van der Waals surface area contributed by atoms with Crippen molar-refractivity contribution in [2.24, 2.45) is 17.1 Å². The van der Waals surface area contributed by atoms with Crippen molar-refractivity contribution < 1.29 is 5.11 Å². The van der Waals surface area contributed by atoms with E-state index in [9.17, 15) is 5.11 Å². The highest BCUT2D eigenvalue weighted by atomic mass is 16.3. The molecule has 0 heterocycles. The molecule has 14 heavy (non-hydrogen) atoms. The summed E-state index contributed by atoms with van der Waals surface area (Å²) >= 11 is 0. The SMILES string of the molecule is CCCC(CN)(CO)CC(CC)CC. The zero-order valence-electron chi connectivity index (χ0n) is 10.1. The molecule has 0 aliphatic heterocycles. The van der Waals surface area contributed by atoms with Gasteiger partial charge in [0, 0.05) is 18.6 Å². The largest absolute Gasteiger partial charge is 0.396 e. The molecule has 0 radical (unpaired) electrons. The predicted octanol–water partition coefficient (Wildman–Crippen LogP) is 2.55. The van der Waals surface area contributed by atoms with Gasteiger partial charge in [0.1, 0.15) is 0 Å². The first-order valence-corrected chi connectivity index (χ1v) is 5.98. The van der Waals surface area contributed by atoms with Crippen molar-refractivity contribution >= 4 is 0 Å². The van der Waals surface area contributed by atoms with E-state index in [4.69, 9.17) is 5.73 Å². The van der Waals surface area contributed by atoms with Gasteiger partial charge in [0.15, 0.2) is 0 Å². The van der Waals surface area contributed by atoms with E-state index in [1.54, 1.807) is 0 Å². The van der Waals surface area contributed by atoms with Gasteiger partial charge in [-0.05, 0) is 18.8 Å². The van der Waals surface area contributed by atoms with Crippen molar-refractivity contribution in [1.82, 2.24) is 0 Å². The van der Waals surface area contributed by atoms with Crippen molar-refractivity contribution in [3.63, 3.8) is 0 Å². The zero-order chi connectivity index (χ0) is 11.0. The molecular weight excluding hydrogens is 174 g/mol. The summed E-state index contributed by atoms with van der Waals surface area (Å²) in [6.07, 6.45) is 5.64. The van der Waals surface area contributed by atoms with Gasteiger partial charge in [-0.15, -0.1) is 0 Å². The summed E-state index contributed by atoms with van der Waals surface area (Å²) in [5.74, 6) is 0.720. The molecule has 0 spiro atoms. The molecule has 0 aromatic rings. The fourth-order valence-electron chi connectivity index (χ4n) is 2.22. The molecule has 0 bridgehead atoms. The van der Waals surface area contributed by atoms with Crippen LogP contribution in [0.5, 0.6) is 0 Å². The monoisotopic (exact) mass is 201 g/mol. The number of aliphatic hydroxyl groups is 1. The lowest BCUT2D eigenvalue weighted by Crippen LogP contribution is -2.36. The molecule has 0 aromatic carbocycles. The number of rotatable bonds is 8. The second-order valence-electron chi connectivity index (χ2n) is 4.50. The molecule has 0 fully saturated rings. The van der Waals surface area contributed by atoms with Crippen LogP contribution in [0.3, 0.4) is 0 Å². The summed E-state index contributed by atoms with van der Waals surface area (Å²) in [5.41, 5.74) is 5.79. The van der Waals surface area contributed by atoms with E-state index >= 15 is 0 Å². The first kappa shape index (κ1) is 13.9. The fraction of sp³-hybridized carbons (Fsp3) is 1.00. The molecule has 1 unspecified atom stereocenters. The van der Waals surface area contributed by atoms with Crippen LogP contribution in [0.2, 0.25) is 0 Å². The Bertz CT molecular complexity index is 128. The molecule has 0 aromatic heterocycles. The molecule has 0 saturated carbocycles. The van der Waals surface area contributed by atoms with Crippen LogP contribution in [0.1, 0.15) is 52.9 Å². The Kier molecular flexibility index (Phi) is 7.20. The smallest absolute Gasteiger partial charge is 0.0499 e. The van der Waals surface area contributed by atoms with Gasteiger partial charge in [0.05, 0.1) is 0 Å². The van der Waals surface area contributed by atoms with Gasteiger partial charge in [-0.2, -0.15) is 0 Å². The van der Waals surface area contributed by atoms with Crippen molar-refractivity contribution in [3.05, 3.63) is 0 Å². The topological polar surface area (TPSA) is 46.2 Å². The molecule has 2 heteroatoms. The second-order valence-corrected chi connectivity index (χ2v) is 4.50. The lowest BCUT2D eigenvalue weighted by Gasteiger charge is -2.33. The minimum atomic E-state index is -0.00850. The van der Waals surface area contributed by atoms with E-state index in [1.807, 2.05) is 0 Å². The van der Waals surface area contributed by atoms with Crippen molar-refractivity contribution in [2.75, 3.05) is 13.2 Å². The fourth-order valence-corrected chi connectivity index (χ4v) is 2.22. The summed E-state index contributed by atoms with van der Waals surface area (Å²) in [4.78, 5) is 0. The van der Waals surface area contributed by atoms with Crippen LogP contribution in [0.25, 0.3) is 0 Å². The first-order valence-electron chi connectivity index (χ1n) is 5.98. The van der Waals surface area contributed by atoms with E-state index in [-0.39, 0.29) is 12.0 Å². The molecule has 0 amide bonds. The molecule has 2 nitrogen and oxygen atoms in total. The van der Waals surface area contributed by atoms with E-state index in [1.165, 1.54) is 12.8 Å². The molecule has 0 rings (SSSR count). The molecule has 86 valence electrons. The quantitative estimate of drug-likeness (QED) is 0.634. The van der Waals surface area contributed by atoms with Crippen LogP contribution < -0.4 is 5.73 Å². The lowest BCUT2D eigenvalue weighted by molar-refractivity contribution is 0.0904. The standard InChI is InChI=1S/C12H27NO/c1-4-7-12(9-13,10-14)8-11(5-2)6-3/h11,14H,4-10,13H2,1-3H3. The maximum atomic E-state index is 9.47. The molecule has 1 atom stereocenters. The Morgan fingerprint density at radius 3 is 2.07 bits per heavy atom. The lowest BCUT2D eigenvalue weighted by atomic mass is 9.75. The highest BCUT2D eigenvalue weighted by Crippen LogP contribution is 2.32. The highest BCUT2D eigenvalue weighted by Gasteiger charge is 2.29. The van der Waals surface area contributed by atoms with Crippen LogP contribution in [0.4, 0.5) is 0 Å². The van der Waals surface area contributed by atoms with E-state index in [2.05, 4.69) is 20.8 Å². The third-order valence-corrected chi connectivity index (χ3v) is 3.43. The van der Waals surface area contributed by atoms with E-state index in [0.717, 1.165) is 25.2 Å². The Labute approximate surface area is 88.9 Å². The van der Waals surface area contributed by atoms with E-state index < -0.39 is 0 Å². The summed E-state index contributed by atoms with van der Waals surface area (Å²) < 4.78 is 0. The van der Waals surface area contributed by atoms with Gasteiger partial charge in [-0.3, -0.25) is 0 Å². The Hall–Kier alpha value is -0.0800. The summed E-state index contributed by atoms with van der Waals surface area (Å²) in [7, 11) is 0. The average Bonchev–Trinajstić information content (AvgIpc) is 2.24. The normalized spacial score (nSPS) is 15.9. The number of hydrogen-bond acceptors (Lipinski definition) is 2. The van der Waals surface area contributed by atoms with Crippen LogP contribution in [-0.4, -0.2) is 18.3 Å². The van der Waals surface area contributed by atoms with Crippen molar-refractivity contribution in [1.29, 1.82) is 0 Å². The van der Waals surface area contributed by atoms with Crippen molar-refractivity contribution in [2.45, 2.75) is 52.9 Å². The third kappa shape index (κ3) is 3.97. The van der Waals surface area contributed by atoms with Gasteiger partial charge in [0.25, 0.3) is 0 Å². The minimum Gasteiger partial charge on any atom is -0.396 e. The first-order chi connectivity index (χ1) is 6.67. The predicted molar refractivity (Wildman–Crippen MR) is 62.2 cm³/mol. The van der Waals surface area contributed by atoms with Crippen LogP contribution >= 0.6 is 0 Å². The van der Waals surface area contributed by atoms with Gasteiger partial charge in [-0.25, -0.2) is 0 Å². The summed E-state index contributed by atoms with van der Waals surface area (Å²) in [6.45, 7) is 7.46. The van der Waals surface area contributed by atoms with Gasteiger partial charge >= 0.3 is 0 Å². The molecule has 0 aliphatic carbocycles. The van der Waals surface area contributed by atoms with Gasteiger partial charge in [0.2, 0.25) is 0 Å². The summed E-state index contributed by atoms with van der Waals surface area (Å²) in [6, 6.07) is 0. The van der Waals surface area contributed by atoms with Crippen molar-refractivity contribution in [3.8, 4) is 0 Å². The van der Waals surface area contributed by atoms with E-state index in [0.29, 0.717) is 6.54 Å². The summed E-state index contributed by atoms with van der Waals surface area (Å²) in [5, 5.41) is 9.47. The Morgan fingerprint density at radius 1 is 1.21 bits per heavy atom. The zero-order valence-corrected chi connectivity index (χ0v) is 10.1. The van der Waals surface area contributed by atoms with Crippen LogP contribution in [0.15, 0.2) is 0 Å².